The zero-order valence-corrected chi connectivity index (χ0v) is 18.5. The number of aliphatic imine (C=N–C) groups is 1. The fourth-order valence-corrected chi connectivity index (χ4v) is 2.88. The molecule has 1 atom stereocenters. The minimum absolute atomic E-state index is 0.0557. The lowest BCUT2D eigenvalue weighted by molar-refractivity contribution is -0.115. The molecule has 2 aromatic rings. The van der Waals surface area contributed by atoms with Gasteiger partial charge in [-0.1, -0.05) is 18.1 Å². The zero-order chi connectivity index (χ0) is 22.6. The first kappa shape index (κ1) is 23.6. The summed E-state index contributed by atoms with van der Waals surface area (Å²) in [4.78, 5) is 16.5. The van der Waals surface area contributed by atoms with E-state index < -0.39 is 0 Å². The number of amides is 1. The molecule has 0 saturated heterocycles. The summed E-state index contributed by atoms with van der Waals surface area (Å²) in [5.41, 5.74) is 2.36. The van der Waals surface area contributed by atoms with Gasteiger partial charge in [0, 0.05) is 18.3 Å². The highest BCUT2D eigenvalue weighted by molar-refractivity contribution is 5.95. The number of rotatable bonds is 9. The number of anilines is 1. The van der Waals surface area contributed by atoms with Gasteiger partial charge in [0.2, 0.25) is 5.91 Å². The third kappa shape index (κ3) is 7.27. The van der Waals surface area contributed by atoms with E-state index in [1.807, 2.05) is 39.0 Å². The van der Waals surface area contributed by atoms with Gasteiger partial charge in [-0.05, 0) is 56.7 Å². The second-order valence-corrected chi connectivity index (χ2v) is 6.64. The molecule has 2 rings (SSSR count). The molecule has 164 valence electrons. The average Bonchev–Trinajstić information content (AvgIpc) is 2.78. The van der Waals surface area contributed by atoms with Crippen LogP contribution in [0.25, 0.3) is 0 Å². The van der Waals surface area contributed by atoms with E-state index in [1.54, 1.807) is 31.3 Å². The van der Waals surface area contributed by atoms with Crippen LogP contribution in [-0.4, -0.2) is 38.7 Å². The first-order chi connectivity index (χ1) is 15.0. The highest BCUT2D eigenvalue weighted by Crippen LogP contribution is 2.30. The van der Waals surface area contributed by atoms with E-state index in [2.05, 4.69) is 26.9 Å². The topological polar surface area (TPSA) is 84.0 Å². The van der Waals surface area contributed by atoms with E-state index in [9.17, 15) is 4.79 Å². The van der Waals surface area contributed by atoms with Crippen molar-refractivity contribution in [2.24, 2.45) is 4.99 Å². The Morgan fingerprint density at radius 2 is 1.87 bits per heavy atom. The predicted molar refractivity (Wildman–Crippen MR) is 125 cm³/mol. The van der Waals surface area contributed by atoms with Crippen LogP contribution >= 0.6 is 0 Å². The van der Waals surface area contributed by atoms with Crippen molar-refractivity contribution in [1.29, 1.82) is 0 Å². The summed E-state index contributed by atoms with van der Waals surface area (Å²) < 4.78 is 11.3. The number of hydrogen-bond donors (Lipinski definition) is 3. The van der Waals surface area contributed by atoms with Gasteiger partial charge in [0.15, 0.2) is 17.5 Å². The molecule has 0 fully saturated rings. The highest BCUT2D eigenvalue weighted by Gasteiger charge is 2.13. The first-order valence-corrected chi connectivity index (χ1v) is 10.2. The summed E-state index contributed by atoms with van der Waals surface area (Å²) in [6.45, 7) is 7.05. The Hall–Kier alpha value is -3.66. The number of ether oxygens (including phenoxy) is 2. The SMILES string of the molecule is C#Cc1cccc(NC(=O)CNC(=NC)NC(C)c2ccc(OCC)c(OCC)c2)c1. The highest BCUT2D eigenvalue weighted by atomic mass is 16.5. The molecular weight excluding hydrogens is 392 g/mol. The van der Waals surface area contributed by atoms with Crippen LogP contribution < -0.4 is 25.4 Å². The van der Waals surface area contributed by atoms with Gasteiger partial charge in [-0.3, -0.25) is 9.79 Å². The molecule has 7 nitrogen and oxygen atoms in total. The summed E-state index contributed by atoms with van der Waals surface area (Å²) in [5.74, 6) is 4.27. The van der Waals surface area contributed by atoms with Crippen molar-refractivity contribution in [2.75, 3.05) is 32.1 Å². The third-order valence-corrected chi connectivity index (χ3v) is 4.37. The number of hydrogen-bond acceptors (Lipinski definition) is 4. The molecule has 0 radical (unpaired) electrons. The van der Waals surface area contributed by atoms with Crippen LogP contribution in [0.4, 0.5) is 5.69 Å². The van der Waals surface area contributed by atoms with E-state index >= 15 is 0 Å². The number of terminal acetylenes is 1. The van der Waals surface area contributed by atoms with E-state index in [4.69, 9.17) is 15.9 Å². The van der Waals surface area contributed by atoms with Crippen LogP contribution in [-0.2, 0) is 4.79 Å². The lowest BCUT2D eigenvalue weighted by Gasteiger charge is -2.20. The monoisotopic (exact) mass is 422 g/mol. The number of nitrogens with one attached hydrogen (secondary N) is 3. The fraction of sp³-hybridized carbons (Fsp3) is 0.333. The number of benzene rings is 2. The summed E-state index contributed by atoms with van der Waals surface area (Å²) in [7, 11) is 1.65. The molecule has 0 heterocycles. The molecule has 0 aliphatic carbocycles. The maximum absolute atomic E-state index is 12.3. The summed E-state index contributed by atoms with van der Waals surface area (Å²) in [6.07, 6.45) is 5.40. The Kier molecular flexibility index (Phi) is 9.24. The quantitative estimate of drug-likeness (QED) is 0.328. The van der Waals surface area contributed by atoms with Gasteiger partial charge in [-0.25, -0.2) is 0 Å². The molecular formula is C24H30N4O3. The summed E-state index contributed by atoms with van der Waals surface area (Å²) >= 11 is 0. The minimum Gasteiger partial charge on any atom is -0.490 e. The fourth-order valence-electron chi connectivity index (χ4n) is 2.88. The minimum atomic E-state index is -0.204. The molecule has 0 aliphatic rings. The van der Waals surface area contributed by atoms with Gasteiger partial charge in [0.1, 0.15) is 0 Å². The average molecular weight is 423 g/mol. The van der Waals surface area contributed by atoms with Crippen LogP contribution in [0.3, 0.4) is 0 Å². The van der Waals surface area contributed by atoms with E-state index in [-0.39, 0.29) is 18.5 Å². The molecule has 0 spiro atoms. The van der Waals surface area contributed by atoms with E-state index in [0.29, 0.717) is 41.9 Å². The third-order valence-electron chi connectivity index (χ3n) is 4.37. The molecule has 1 amide bonds. The zero-order valence-electron chi connectivity index (χ0n) is 18.5. The van der Waals surface area contributed by atoms with E-state index in [1.165, 1.54) is 0 Å². The number of carbonyl (C=O) groups excluding carboxylic acids is 1. The van der Waals surface area contributed by atoms with Gasteiger partial charge < -0.3 is 25.4 Å². The van der Waals surface area contributed by atoms with Gasteiger partial charge >= 0.3 is 0 Å². The Labute approximate surface area is 184 Å². The van der Waals surface area contributed by atoms with Crippen molar-refractivity contribution in [3.8, 4) is 23.8 Å². The van der Waals surface area contributed by atoms with Crippen LogP contribution in [0.1, 0.15) is 37.9 Å². The molecule has 3 N–H and O–H groups in total. The Bertz CT molecular complexity index is 950. The second kappa shape index (κ2) is 12.1. The van der Waals surface area contributed by atoms with Crippen molar-refractivity contribution < 1.29 is 14.3 Å². The van der Waals surface area contributed by atoms with Gasteiger partial charge in [-0.2, -0.15) is 0 Å². The van der Waals surface area contributed by atoms with Crippen LogP contribution in [0.5, 0.6) is 11.5 Å². The van der Waals surface area contributed by atoms with Gasteiger partial charge in [0.05, 0.1) is 25.8 Å². The predicted octanol–water partition coefficient (Wildman–Crippen LogP) is 3.33. The van der Waals surface area contributed by atoms with Crippen molar-refractivity contribution in [3.63, 3.8) is 0 Å². The largest absolute Gasteiger partial charge is 0.490 e. The first-order valence-electron chi connectivity index (χ1n) is 10.2. The Morgan fingerprint density at radius 3 is 2.55 bits per heavy atom. The number of carbonyl (C=O) groups is 1. The van der Waals surface area contributed by atoms with Gasteiger partial charge in [0.25, 0.3) is 0 Å². The normalized spacial score (nSPS) is 11.8. The molecule has 0 saturated carbocycles. The molecule has 0 aliphatic heterocycles. The number of nitrogens with zero attached hydrogens (tertiary/aromatic N) is 1. The molecule has 2 aromatic carbocycles. The number of guanidine groups is 1. The lowest BCUT2D eigenvalue weighted by Crippen LogP contribution is -2.42. The Morgan fingerprint density at radius 1 is 1.13 bits per heavy atom. The summed E-state index contributed by atoms with van der Waals surface area (Å²) in [5, 5.41) is 9.11. The van der Waals surface area contributed by atoms with Crippen molar-refractivity contribution in [3.05, 3.63) is 53.6 Å². The molecule has 0 aromatic heterocycles. The maximum Gasteiger partial charge on any atom is 0.243 e. The smallest absolute Gasteiger partial charge is 0.243 e. The lowest BCUT2D eigenvalue weighted by atomic mass is 10.1. The maximum atomic E-state index is 12.3. The molecule has 1 unspecified atom stereocenters. The van der Waals surface area contributed by atoms with E-state index in [0.717, 1.165) is 5.56 Å². The van der Waals surface area contributed by atoms with Crippen molar-refractivity contribution >= 4 is 17.6 Å². The van der Waals surface area contributed by atoms with Crippen molar-refractivity contribution in [2.45, 2.75) is 26.8 Å². The summed E-state index contributed by atoms with van der Waals surface area (Å²) in [6, 6.07) is 12.9. The van der Waals surface area contributed by atoms with Gasteiger partial charge in [-0.15, -0.1) is 6.42 Å². The second-order valence-electron chi connectivity index (χ2n) is 6.64. The molecule has 31 heavy (non-hydrogen) atoms. The standard InChI is InChI=1S/C24H30N4O3/c1-6-18-10-9-11-20(14-18)28-23(29)16-26-24(25-5)27-17(4)19-12-13-21(30-7-2)22(15-19)31-8-3/h1,9-15,17H,7-8,16H2,2-5H3,(H,28,29)(H2,25,26,27). The van der Waals surface area contributed by atoms with Crippen LogP contribution in [0.15, 0.2) is 47.5 Å². The van der Waals surface area contributed by atoms with Crippen molar-refractivity contribution in [1.82, 2.24) is 10.6 Å². The Balaban J connectivity index is 1.95. The van der Waals surface area contributed by atoms with Crippen LogP contribution in [0.2, 0.25) is 0 Å². The van der Waals surface area contributed by atoms with Crippen LogP contribution in [0, 0.1) is 12.3 Å². The molecule has 7 heteroatoms. The molecule has 0 bridgehead atoms.